The lowest BCUT2D eigenvalue weighted by Gasteiger charge is -2.27. The number of nitrogens with zero attached hydrogens (tertiary/aromatic N) is 1. The zero-order chi connectivity index (χ0) is 15.5. The highest BCUT2D eigenvalue weighted by Crippen LogP contribution is 2.35. The van der Waals surface area contributed by atoms with Gasteiger partial charge in [-0.15, -0.1) is 12.4 Å². The first kappa shape index (κ1) is 19.0. The minimum Gasteiger partial charge on any atom is -0.342 e. The summed E-state index contributed by atoms with van der Waals surface area (Å²) in [6, 6.07) is 10.5. The van der Waals surface area contributed by atoms with Crippen LogP contribution in [0.2, 0.25) is 0 Å². The van der Waals surface area contributed by atoms with Crippen molar-refractivity contribution in [2.45, 2.75) is 46.1 Å². The van der Waals surface area contributed by atoms with Crippen molar-refractivity contribution in [2.75, 3.05) is 13.1 Å². The molecular formula is C18H29ClN2O. The monoisotopic (exact) mass is 324 g/mol. The number of carbonyl (C=O) groups is 1. The van der Waals surface area contributed by atoms with Crippen LogP contribution in [0.1, 0.15) is 39.2 Å². The number of nitrogens with two attached hydrogens (primary N) is 1. The molecule has 0 saturated carbocycles. The van der Waals surface area contributed by atoms with Crippen molar-refractivity contribution in [3.05, 3.63) is 35.9 Å². The third-order valence-electron chi connectivity index (χ3n) is 4.91. The maximum atomic E-state index is 12.4. The molecule has 2 N–H and O–H groups in total. The van der Waals surface area contributed by atoms with E-state index in [2.05, 4.69) is 37.3 Å². The van der Waals surface area contributed by atoms with Crippen LogP contribution in [0, 0.1) is 11.3 Å². The van der Waals surface area contributed by atoms with E-state index in [9.17, 15) is 4.79 Å². The highest BCUT2D eigenvalue weighted by Gasteiger charge is 2.37. The fourth-order valence-corrected chi connectivity index (χ4v) is 3.02. The average Bonchev–Trinajstić information content (AvgIpc) is 2.87. The summed E-state index contributed by atoms with van der Waals surface area (Å²) in [5, 5.41) is 0. The van der Waals surface area contributed by atoms with Gasteiger partial charge in [0, 0.05) is 19.1 Å². The molecule has 1 amide bonds. The molecule has 4 heteroatoms. The van der Waals surface area contributed by atoms with Crippen LogP contribution >= 0.6 is 12.4 Å². The Morgan fingerprint density at radius 1 is 1.32 bits per heavy atom. The van der Waals surface area contributed by atoms with Gasteiger partial charge >= 0.3 is 0 Å². The molecule has 22 heavy (non-hydrogen) atoms. The lowest BCUT2D eigenvalue weighted by Crippen LogP contribution is -2.41. The summed E-state index contributed by atoms with van der Waals surface area (Å²) in [6.45, 7) is 7.90. The maximum absolute atomic E-state index is 12.4. The van der Waals surface area contributed by atoms with Crippen LogP contribution in [-0.2, 0) is 11.2 Å². The minimum atomic E-state index is -0.0820. The highest BCUT2D eigenvalue weighted by atomic mass is 35.5. The number of halogens is 1. The molecule has 1 heterocycles. The number of benzene rings is 1. The van der Waals surface area contributed by atoms with Gasteiger partial charge in [0.1, 0.15) is 0 Å². The fraction of sp³-hybridized carbons (Fsp3) is 0.611. The summed E-state index contributed by atoms with van der Waals surface area (Å²) in [5.41, 5.74) is 7.48. The fourth-order valence-electron chi connectivity index (χ4n) is 3.02. The smallest absolute Gasteiger partial charge is 0.226 e. The zero-order valence-electron chi connectivity index (χ0n) is 13.9. The molecule has 3 nitrogen and oxygen atoms in total. The summed E-state index contributed by atoms with van der Waals surface area (Å²) in [6.07, 6.45) is 3.31. The summed E-state index contributed by atoms with van der Waals surface area (Å²) in [4.78, 5) is 14.4. The lowest BCUT2D eigenvalue weighted by molar-refractivity contribution is -0.134. The van der Waals surface area contributed by atoms with Gasteiger partial charge in [0.15, 0.2) is 0 Å². The van der Waals surface area contributed by atoms with E-state index in [0.717, 1.165) is 32.4 Å². The Morgan fingerprint density at radius 3 is 2.55 bits per heavy atom. The number of rotatable bonds is 5. The van der Waals surface area contributed by atoms with Crippen LogP contribution in [0.5, 0.6) is 0 Å². The Kier molecular flexibility index (Phi) is 6.89. The van der Waals surface area contributed by atoms with Crippen molar-refractivity contribution in [2.24, 2.45) is 17.1 Å². The molecular weight excluding hydrogens is 296 g/mol. The van der Waals surface area contributed by atoms with Crippen LogP contribution in [0.25, 0.3) is 0 Å². The second-order valence-electron chi connectivity index (χ2n) is 6.95. The van der Waals surface area contributed by atoms with Crippen molar-refractivity contribution < 1.29 is 4.79 Å². The Morgan fingerprint density at radius 2 is 1.95 bits per heavy atom. The third-order valence-corrected chi connectivity index (χ3v) is 4.91. The van der Waals surface area contributed by atoms with Gasteiger partial charge < -0.3 is 10.6 Å². The first-order valence-electron chi connectivity index (χ1n) is 8.00. The van der Waals surface area contributed by atoms with Gasteiger partial charge in [-0.1, -0.05) is 44.2 Å². The van der Waals surface area contributed by atoms with Crippen LogP contribution < -0.4 is 5.73 Å². The topological polar surface area (TPSA) is 46.3 Å². The molecule has 0 aliphatic carbocycles. The lowest BCUT2D eigenvalue weighted by atomic mass is 9.83. The summed E-state index contributed by atoms with van der Waals surface area (Å²) < 4.78 is 0. The number of hydrogen-bond donors (Lipinski definition) is 1. The van der Waals surface area contributed by atoms with Gasteiger partial charge in [0.2, 0.25) is 5.91 Å². The van der Waals surface area contributed by atoms with Gasteiger partial charge in [-0.25, -0.2) is 0 Å². The second-order valence-corrected chi connectivity index (χ2v) is 6.95. The highest BCUT2D eigenvalue weighted by molar-refractivity contribution is 5.85. The predicted molar refractivity (Wildman–Crippen MR) is 94.1 cm³/mol. The number of hydrogen-bond acceptors (Lipinski definition) is 2. The molecule has 0 radical (unpaired) electrons. The van der Waals surface area contributed by atoms with Gasteiger partial charge in [-0.3, -0.25) is 4.79 Å². The van der Waals surface area contributed by atoms with Crippen molar-refractivity contribution in [1.82, 2.24) is 4.90 Å². The molecule has 0 aromatic heterocycles. The molecule has 3 unspecified atom stereocenters. The normalized spacial score (nSPS) is 23.7. The van der Waals surface area contributed by atoms with Crippen molar-refractivity contribution >= 4 is 18.3 Å². The molecule has 1 aromatic carbocycles. The van der Waals surface area contributed by atoms with E-state index in [-0.39, 0.29) is 35.7 Å². The first-order chi connectivity index (χ1) is 9.91. The van der Waals surface area contributed by atoms with Crippen LogP contribution in [0.3, 0.4) is 0 Å². The van der Waals surface area contributed by atoms with E-state index in [1.807, 2.05) is 18.7 Å². The summed E-state index contributed by atoms with van der Waals surface area (Å²) >= 11 is 0. The molecule has 2 rings (SSSR count). The largest absolute Gasteiger partial charge is 0.342 e. The standard InChI is InChI=1S/C18H28N2O.ClH/c1-14(15(2)19)17(21)20-12-11-18(3,13-20)10-9-16-7-5-4-6-8-16;/h4-8,14-15H,9-13,19H2,1-3H3;1H. The molecule has 1 fully saturated rings. The van der Waals surface area contributed by atoms with Gasteiger partial charge in [0.25, 0.3) is 0 Å². The second kappa shape index (κ2) is 7.98. The summed E-state index contributed by atoms with van der Waals surface area (Å²) in [5.74, 6) is 0.134. The van der Waals surface area contributed by atoms with Crippen molar-refractivity contribution in [3.8, 4) is 0 Å². The minimum absolute atomic E-state index is 0. The third kappa shape index (κ3) is 4.72. The molecule has 1 aromatic rings. The molecule has 0 bridgehead atoms. The molecule has 3 atom stereocenters. The first-order valence-corrected chi connectivity index (χ1v) is 8.00. The number of carbonyl (C=O) groups excluding carboxylic acids is 1. The molecule has 1 aliphatic rings. The van der Waals surface area contributed by atoms with E-state index >= 15 is 0 Å². The quantitative estimate of drug-likeness (QED) is 0.903. The van der Waals surface area contributed by atoms with E-state index in [0.29, 0.717) is 0 Å². The van der Waals surface area contributed by atoms with Crippen molar-refractivity contribution in [3.63, 3.8) is 0 Å². The number of aryl methyl sites for hydroxylation is 1. The van der Waals surface area contributed by atoms with Crippen molar-refractivity contribution in [1.29, 1.82) is 0 Å². The van der Waals surface area contributed by atoms with Crippen LogP contribution in [0.4, 0.5) is 0 Å². The van der Waals surface area contributed by atoms with E-state index < -0.39 is 0 Å². The molecule has 124 valence electrons. The van der Waals surface area contributed by atoms with Gasteiger partial charge in [-0.05, 0) is 37.2 Å². The zero-order valence-corrected chi connectivity index (χ0v) is 14.7. The Bertz CT molecular complexity index is 477. The Labute approximate surface area is 140 Å². The predicted octanol–water partition coefficient (Wildman–Crippen LogP) is 3.26. The number of amides is 1. The maximum Gasteiger partial charge on any atom is 0.226 e. The molecule has 0 spiro atoms. The number of likely N-dealkylation sites (tertiary alicyclic amines) is 1. The van der Waals surface area contributed by atoms with E-state index in [1.165, 1.54) is 5.56 Å². The molecule has 1 aliphatic heterocycles. The SMILES string of the molecule is CC(N)C(C)C(=O)N1CCC(C)(CCc2ccccc2)C1.Cl. The average molecular weight is 325 g/mol. The van der Waals surface area contributed by atoms with E-state index in [1.54, 1.807) is 0 Å². The Hall–Kier alpha value is -1.06. The molecule has 1 saturated heterocycles. The van der Waals surface area contributed by atoms with Gasteiger partial charge in [0.05, 0.1) is 5.92 Å². The Balaban J connectivity index is 0.00000242. The van der Waals surface area contributed by atoms with Crippen LogP contribution in [0.15, 0.2) is 30.3 Å². The van der Waals surface area contributed by atoms with Gasteiger partial charge in [-0.2, -0.15) is 0 Å². The van der Waals surface area contributed by atoms with Crippen LogP contribution in [-0.4, -0.2) is 29.9 Å². The summed E-state index contributed by atoms with van der Waals surface area (Å²) in [7, 11) is 0. The van der Waals surface area contributed by atoms with E-state index in [4.69, 9.17) is 5.73 Å².